The number of aromatic nitrogens is 1. The second-order valence-corrected chi connectivity index (χ2v) is 10.4. The van der Waals surface area contributed by atoms with Gasteiger partial charge in [-0.25, -0.2) is 13.4 Å². The number of hydrogen-bond acceptors (Lipinski definition) is 6. The SMILES string of the molecule is Cc1cccc2sc(N3CCN(C(=O)CS(=O)(=O)Cc4ccccc4)CC3)nc12. The summed E-state index contributed by atoms with van der Waals surface area (Å²) in [5.74, 6) is -0.868. The molecule has 152 valence electrons. The van der Waals surface area contributed by atoms with Crippen LogP contribution in [0.1, 0.15) is 11.1 Å². The van der Waals surface area contributed by atoms with Gasteiger partial charge >= 0.3 is 0 Å². The van der Waals surface area contributed by atoms with Crippen molar-refractivity contribution in [2.75, 3.05) is 36.8 Å². The van der Waals surface area contributed by atoms with Gasteiger partial charge in [0.05, 0.1) is 16.0 Å². The lowest BCUT2D eigenvalue weighted by molar-refractivity contribution is -0.128. The second kappa shape index (κ2) is 8.12. The summed E-state index contributed by atoms with van der Waals surface area (Å²) in [4.78, 5) is 21.1. The van der Waals surface area contributed by atoms with Gasteiger partial charge in [0, 0.05) is 26.2 Å². The minimum absolute atomic E-state index is 0.107. The van der Waals surface area contributed by atoms with Gasteiger partial charge in [-0.1, -0.05) is 53.8 Å². The van der Waals surface area contributed by atoms with Gasteiger partial charge in [0.15, 0.2) is 15.0 Å². The Morgan fingerprint density at radius 2 is 1.76 bits per heavy atom. The number of amides is 1. The van der Waals surface area contributed by atoms with Crippen LogP contribution in [0.3, 0.4) is 0 Å². The maximum absolute atomic E-state index is 12.5. The van der Waals surface area contributed by atoms with Crippen LogP contribution in [0, 0.1) is 6.92 Å². The van der Waals surface area contributed by atoms with Gasteiger partial charge in [-0.3, -0.25) is 4.79 Å². The highest BCUT2D eigenvalue weighted by Crippen LogP contribution is 2.31. The molecule has 3 aromatic rings. The lowest BCUT2D eigenvalue weighted by Crippen LogP contribution is -2.50. The normalized spacial score (nSPS) is 15.1. The van der Waals surface area contributed by atoms with Gasteiger partial charge in [0.2, 0.25) is 5.91 Å². The van der Waals surface area contributed by atoms with E-state index < -0.39 is 15.6 Å². The third-order valence-electron chi connectivity index (χ3n) is 5.09. The average molecular weight is 430 g/mol. The number of carbonyl (C=O) groups excluding carboxylic acids is 1. The van der Waals surface area contributed by atoms with Crippen molar-refractivity contribution >= 4 is 42.4 Å². The van der Waals surface area contributed by atoms with Crippen molar-refractivity contribution in [3.8, 4) is 0 Å². The Hall–Kier alpha value is -2.45. The molecule has 0 spiro atoms. The van der Waals surface area contributed by atoms with Crippen molar-refractivity contribution in [1.82, 2.24) is 9.88 Å². The molecule has 0 bridgehead atoms. The Morgan fingerprint density at radius 3 is 2.45 bits per heavy atom. The summed E-state index contributed by atoms with van der Waals surface area (Å²) in [5, 5.41) is 0.957. The van der Waals surface area contributed by atoms with Crippen LogP contribution in [0.15, 0.2) is 48.5 Å². The molecule has 4 rings (SSSR count). The van der Waals surface area contributed by atoms with E-state index in [-0.39, 0.29) is 11.7 Å². The first-order chi connectivity index (χ1) is 13.9. The molecule has 1 amide bonds. The third-order valence-corrected chi connectivity index (χ3v) is 7.63. The zero-order valence-corrected chi connectivity index (χ0v) is 17.9. The van der Waals surface area contributed by atoms with E-state index in [4.69, 9.17) is 4.98 Å². The first kappa shape index (κ1) is 19.8. The summed E-state index contributed by atoms with van der Waals surface area (Å²) in [6.45, 7) is 4.38. The fourth-order valence-corrected chi connectivity index (χ4v) is 5.97. The number of anilines is 1. The number of fused-ring (bicyclic) bond motifs is 1. The molecule has 0 saturated carbocycles. The van der Waals surface area contributed by atoms with Gasteiger partial charge < -0.3 is 9.80 Å². The van der Waals surface area contributed by atoms with E-state index in [1.807, 2.05) is 12.1 Å². The predicted molar refractivity (Wildman–Crippen MR) is 117 cm³/mol. The van der Waals surface area contributed by atoms with Crippen molar-refractivity contribution in [3.63, 3.8) is 0 Å². The largest absolute Gasteiger partial charge is 0.345 e. The highest BCUT2D eigenvalue weighted by molar-refractivity contribution is 7.91. The standard InChI is InChI=1S/C21H23N3O3S2/c1-16-6-5-9-18-20(16)22-21(28-18)24-12-10-23(11-13-24)19(25)15-29(26,27)14-17-7-3-2-4-8-17/h2-9H,10-15H2,1H3. The lowest BCUT2D eigenvalue weighted by Gasteiger charge is -2.34. The molecule has 0 atom stereocenters. The van der Waals surface area contributed by atoms with Crippen molar-refractivity contribution < 1.29 is 13.2 Å². The number of para-hydroxylation sites is 1. The summed E-state index contributed by atoms with van der Waals surface area (Å²) in [6, 6.07) is 15.1. The molecule has 1 aliphatic heterocycles. The van der Waals surface area contributed by atoms with Crippen LogP contribution in [0.2, 0.25) is 0 Å². The quantitative estimate of drug-likeness (QED) is 0.624. The zero-order valence-electron chi connectivity index (χ0n) is 16.2. The van der Waals surface area contributed by atoms with Crippen LogP contribution in [-0.4, -0.2) is 56.1 Å². The molecule has 0 unspecified atom stereocenters. The summed E-state index contributed by atoms with van der Waals surface area (Å²) in [5.41, 5.74) is 2.89. The molecule has 0 radical (unpaired) electrons. The Bertz CT molecular complexity index is 1120. The monoisotopic (exact) mass is 429 g/mol. The minimum Gasteiger partial charge on any atom is -0.345 e. The number of nitrogens with zero attached hydrogens (tertiary/aromatic N) is 3. The summed E-state index contributed by atoms with van der Waals surface area (Å²) in [7, 11) is -3.49. The summed E-state index contributed by atoms with van der Waals surface area (Å²) < 4.78 is 26.0. The fraction of sp³-hybridized carbons (Fsp3) is 0.333. The fourth-order valence-electron chi connectivity index (χ4n) is 3.52. The van der Waals surface area contributed by atoms with Gasteiger partial charge in [0.1, 0.15) is 5.75 Å². The molecule has 2 aromatic carbocycles. The van der Waals surface area contributed by atoms with Crippen molar-refractivity contribution in [1.29, 1.82) is 0 Å². The predicted octanol–water partition coefficient (Wildman–Crippen LogP) is 2.87. The van der Waals surface area contributed by atoms with Crippen LogP contribution in [-0.2, 0) is 20.4 Å². The zero-order chi connectivity index (χ0) is 20.4. The molecule has 1 aliphatic rings. The Morgan fingerprint density at radius 1 is 1.03 bits per heavy atom. The maximum atomic E-state index is 12.5. The minimum atomic E-state index is -3.49. The van der Waals surface area contributed by atoms with Crippen LogP contribution in [0.4, 0.5) is 5.13 Å². The molecule has 1 saturated heterocycles. The first-order valence-corrected chi connectivity index (χ1v) is 12.2. The van der Waals surface area contributed by atoms with E-state index in [1.54, 1.807) is 40.5 Å². The Kier molecular flexibility index (Phi) is 5.56. The van der Waals surface area contributed by atoms with Gasteiger partial charge in [0.25, 0.3) is 0 Å². The number of piperazine rings is 1. The van der Waals surface area contributed by atoms with E-state index in [9.17, 15) is 13.2 Å². The number of benzene rings is 2. The van der Waals surface area contributed by atoms with E-state index >= 15 is 0 Å². The molecule has 0 N–H and O–H groups in total. The van der Waals surface area contributed by atoms with E-state index in [0.29, 0.717) is 31.7 Å². The molecule has 29 heavy (non-hydrogen) atoms. The molecule has 1 aromatic heterocycles. The van der Waals surface area contributed by atoms with Gasteiger partial charge in [-0.15, -0.1) is 0 Å². The molecule has 8 heteroatoms. The van der Waals surface area contributed by atoms with Crippen LogP contribution < -0.4 is 4.90 Å². The molecular weight excluding hydrogens is 406 g/mol. The summed E-state index contributed by atoms with van der Waals surface area (Å²) in [6.07, 6.45) is 0. The molecule has 2 heterocycles. The number of hydrogen-bond donors (Lipinski definition) is 0. The number of thiazole rings is 1. The highest BCUT2D eigenvalue weighted by Gasteiger charge is 2.26. The lowest BCUT2D eigenvalue weighted by atomic mass is 10.2. The number of aryl methyl sites for hydroxylation is 1. The average Bonchev–Trinajstić information content (AvgIpc) is 3.14. The molecule has 0 aliphatic carbocycles. The topological polar surface area (TPSA) is 70.6 Å². The van der Waals surface area contributed by atoms with Crippen molar-refractivity contribution in [3.05, 3.63) is 59.7 Å². The van der Waals surface area contributed by atoms with E-state index in [1.165, 1.54) is 0 Å². The summed E-state index contributed by atoms with van der Waals surface area (Å²) >= 11 is 1.65. The van der Waals surface area contributed by atoms with Crippen LogP contribution in [0.5, 0.6) is 0 Å². The molecular formula is C21H23N3O3S2. The smallest absolute Gasteiger partial charge is 0.237 e. The van der Waals surface area contributed by atoms with E-state index in [0.717, 1.165) is 20.9 Å². The molecule has 1 fully saturated rings. The number of sulfone groups is 1. The highest BCUT2D eigenvalue weighted by atomic mass is 32.2. The van der Waals surface area contributed by atoms with Gasteiger partial charge in [-0.05, 0) is 24.1 Å². The van der Waals surface area contributed by atoms with Gasteiger partial charge in [-0.2, -0.15) is 0 Å². The van der Waals surface area contributed by atoms with Crippen LogP contribution in [0.25, 0.3) is 10.2 Å². The van der Waals surface area contributed by atoms with Crippen LogP contribution >= 0.6 is 11.3 Å². The third kappa shape index (κ3) is 4.59. The first-order valence-electron chi connectivity index (χ1n) is 9.54. The maximum Gasteiger partial charge on any atom is 0.237 e. The van der Waals surface area contributed by atoms with Crippen molar-refractivity contribution in [2.24, 2.45) is 0 Å². The number of carbonyl (C=O) groups is 1. The Labute approximate surface area is 174 Å². The van der Waals surface area contributed by atoms with Crippen molar-refractivity contribution in [2.45, 2.75) is 12.7 Å². The molecule has 6 nitrogen and oxygen atoms in total. The second-order valence-electron chi connectivity index (χ2n) is 7.30. The number of rotatable bonds is 5. The van der Waals surface area contributed by atoms with E-state index in [2.05, 4.69) is 24.0 Å². The Balaban J connectivity index is 1.36.